The Kier molecular flexibility index (Phi) is 3.95. The zero-order valence-electron chi connectivity index (χ0n) is 9.00. The van der Waals surface area contributed by atoms with Gasteiger partial charge in [-0.15, -0.1) is 0 Å². The van der Waals surface area contributed by atoms with Crippen LogP contribution in [0, 0.1) is 5.92 Å². The molecule has 4 heteroatoms. The average molecular weight is 260 g/mol. The number of nitrogens with zero attached hydrogens (tertiary/aromatic N) is 1. The minimum Gasteiger partial charge on any atom is -0.396 e. The molecule has 1 saturated heterocycles. The highest BCUT2D eigenvalue weighted by Crippen LogP contribution is 2.30. The Morgan fingerprint density at radius 1 is 1.25 bits per heavy atom. The van der Waals surface area contributed by atoms with Crippen LogP contribution in [0.4, 0.5) is 5.69 Å². The van der Waals surface area contributed by atoms with E-state index in [0.717, 1.165) is 31.6 Å². The first-order valence-electron chi connectivity index (χ1n) is 5.51. The van der Waals surface area contributed by atoms with Crippen molar-refractivity contribution in [2.45, 2.75) is 12.8 Å². The van der Waals surface area contributed by atoms with Crippen LogP contribution in [-0.4, -0.2) is 24.8 Å². The quantitative estimate of drug-likeness (QED) is 0.902. The van der Waals surface area contributed by atoms with E-state index >= 15 is 0 Å². The van der Waals surface area contributed by atoms with E-state index in [4.69, 9.17) is 28.3 Å². The molecule has 1 aliphatic heterocycles. The Labute approximate surface area is 106 Å². The third-order valence-electron chi connectivity index (χ3n) is 3.04. The number of hydrogen-bond acceptors (Lipinski definition) is 2. The van der Waals surface area contributed by atoms with Crippen LogP contribution in [0.25, 0.3) is 0 Å². The van der Waals surface area contributed by atoms with Crippen LogP contribution in [-0.2, 0) is 0 Å². The third kappa shape index (κ3) is 2.82. The van der Waals surface area contributed by atoms with Crippen molar-refractivity contribution < 1.29 is 5.11 Å². The number of hydrogen-bond donors (Lipinski definition) is 1. The summed E-state index contributed by atoms with van der Waals surface area (Å²) in [6.45, 7) is 2.27. The summed E-state index contributed by atoms with van der Waals surface area (Å²) in [5, 5.41) is 10.3. The van der Waals surface area contributed by atoms with Crippen molar-refractivity contribution in [1.29, 1.82) is 0 Å². The molecular formula is C12H15Cl2NO. The van der Waals surface area contributed by atoms with Gasteiger partial charge in [0.25, 0.3) is 0 Å². The molecule has 1 unspecified atom stereocenters. The van der Waals surface area contributed by atoms with E-state index in [1.165, 1.54) is 0 Å². The highest BCUT2D eigenvalue weighted by Gasteiger charge is 2.22. The largest absolute Gasteiger partial charge is 0.396 e. The highest BCUT2D eigenvalue weighted by atomic mass is 35.5. The average Bonchev–Trinajstić information content (AvgIpc) is 2.65. The van der Waals surface area contributed by atoms with Gasteiger partial charge in [-0.25, -0.2) is 0 Å². The molecule has 1 fully saturated rings. The SMILES string of the molecule is OCCC1CCN(c2cc(Cl)cc(Cl)c2)C1. The lowest BCUT2D eigenvalue weighted by molar-refractivity contribution is 0.263. The van der Waals surface area contributed by atoms with E-state index in [0.29, 0.717) is 16.0 Å². The van der Waals surface area contributed by atoms with Gasteiger partial charge >= 0.3 is 0 Å². The molecule has 2 nitrogen and oxygen atoms in total. The van der Waals surface area contributed by atoms with Crippen LogP contribution in [0.5, 0.6) is 0 Å². The summed E-state index contributed by atoms with van der Waals surface area (Å²) in [6, 6.07) is 5.62. The predicted molar refractivity (Wildman–Crippen MR) is 68.5 cm³/mol. The third-order valence-corrected chi connectivity index (χ3v) is 3.47. The second-order valence-electron chi connectivity index (χ2n) is 4.24. The summed E-state index contributed by atoms with van der Waals surface area (Å²) in [5.74, 6) is 0.586. The number of anilines is 1. The maximum atomic E-state index is 8.91. The lowest BCUT2D eigenvalue weighted by Gasteiger charge is -2.19. The molecule has 1 aliphatic rings. The smallest absolute Gasteiger partial charge is 0.0441 e. The van der Waals surface area contributed by atoms with Gasteiger partial charge in [0.2, 0.25) is 0 Å². The van der Waals surface area contributed by atoms with Gasteiger partial charge in [0.1, 0.15) is 0 Å². The predicted octanol–water partition coefficient (Wildman–Crippen LogP) is 3.20. The molecule has 16 heavy (non-hydrogen) atoms. The molecule has 1 aromatic carbocycles. The molecule has 0 bridgehead atoms. The maximum absolute atomic E-state index is 8.91. The molecule has 1 heterocycles. The number of aliphatic hydroxyl groups is 1. The number of rotatable bonds is 3. The zero-order chi connectivity index (χ0) is 11.5. The summed E-state index contributed by atoms with van der Waals surface area (Å²) in [5.41, 5.74) is 1.08. The summed E-state index contributed by atoms with van der Waals surface area (Å²) < 4.78 is 0. The van der Waals surface area contributed by atoms with Crippen LogP contribution in [0.3, 0.4) is 0 Å². The van der Waals surface area contributed by atoms with Crippen molar-refractivity contribution in [3.63, 3.8) is 0 Å². The van der Waals surface area contributed by atoms with E-state index in [2.05, 4.69) is 4.90 Å². The van der Waals surface area contributed by atoms with Gasteiger partial charge < -0.3 is 10.0 Å². The zero-order valence-corrected chi connectivity index (χ0v) is 10.5. The van der Waals surface area contributed by atoms with Crippen LogP contribution >= 0.6 is 23.2 Å². The fraction of sp³-hybridized carbons (Fsp3) is 0.500. The molecule has 0 radical (unpaired) electrons. The fourth-order valence-corrected chi connectivity index (χ4v) is 2.72. The monoisotopic (exact) mass is 259 g/mol. The molecule has 0 aliphatic carbocycles. The van der Waals surface area contributed by atoms with Gasteiger partial charge in [-0.3, -0.25) is 0 Å². The molecule has 0 amide bonds. The summed E-state index contributed by atoms with van der Waals surface area (Å²) in [4.78, 5) is 2.28. The van der Waals surface area contributed by atoms with Crippen molar-refractivity contribution in [2.75, 3.05) is 24.6 Å². The maximum Gasteiger partial charge on any atom is 0.0441 e. The summed E-state index contributed by atoms with van der Waals surface area (Å²) >= 11 is 11.9. The minimum absolute atomic E-state index is 0.273. The Hall–Kier alpha value is -0.440. The van der Waals surface area contributed by atoms with Crippen molar-refractivity contribution >= 4 is 28.9 Å². The van der Waals surface area contributed by atoms with Crippen molar-refractivity contribution in [3.05, 3.63) is 28.2 Å². The van der Waals surface area contributed by atoms with E-state index in [-0.39, 0.29) is 6.61 Å². The molecule has 0 spiro atoms. The molecule has 2 rings (SSSR count). The first-order valence-corrected chi connectivity index (χ1v) is 6.26. The highest BCUT2D eigenvalue weighted by molar-refractivity contribution is 6.35. The van der Waals surface area contributed by atoms with Crippen molar-refractivity contribution in [1.82, 2.24) is 0 Å². The van der Waals surface area contributed by atoms with E-state index in [1.807, 2.05) is 12.1 Å². The first kappa shape index (κ1) is 12.0. The molecule has 1 N–H and O–H groups in total. The first-order chi connectivity index (χ1) is 7.69. The van der Waals surface area contributed by atoms with Crippen LogP contribution in [0.15, 0.2) is 18.2 Å². The second-order valence-corrected chi connectivity index (χ2v) is 5.11. The summed E-state index contributed by atoms with van der Waals surface area (Å²) in [7, 11) is 0. The Bertz CT molecular complexity index is 350. The van der Waals surface area contributed by atoms with E-state index < -0.39 is 0 Å². The molecule has 88 valence electrons. The van der Waals surface area contributed by atoms with Crippen molar-refractivity contribution in [2.24, 2.45) is 5.92 Å². The number of aliphatic hydroxyl groups excluding tert-OH is 1. The second kappa shape index (κ2) is 5.26. The van der Waals surface area contributed by atoms with Crippen molar-refractivity contribution in [3.8, 4) is 0 Å². The molecule has 1 aromatic rings. The van der Waals surface area contributed by atoms with Gasteiger partial charge in [-0.05, 0) is 37.0 Å². The van der Waals surface area contributed by atoms with Gasteiger partial charge in [0, 0.05) is 35.4 Å². The minimum atomic E-state index is 0.273. The Balaban J connectivity index is 2.08. The van der Waals surface area contributed by atoms with Gasteiger partial charge in [0.05, 0.1) is 0 Å². The normalized spacial score (nSPS) is 20.4. The Morgan fingerprint density at radius 2 is 1.94 bits per heavy atom. The van der Waals surface area contributed by atoms with Gasteiger partial charge in [0.15, 0.2) is 0 Å². The Morgan fingerprint density at radius 3 is 2.56 bits per heavy atom. The van der Waals surface area contributed by atoms with E-state index in [9.17, 15) is 0 Å². The molecule has 1 atom stereocenters. The van der Waals surface area contributed by atoms with E-state index in [1.54, 1.807) is 6.07 Å². The lowest BCUT2D eigenvalue weighted by atomic mass is 10.1. The fourth-order valence-electron chi connectivity index (χ4n) is 2.21. The van der Waals surface area contributed by atoms with Gasteiger partial charge in [-0.2, -0.15) is 0 Å². The molecular weight excluding hydrogens is 245 g/mol. The number of benzene rings is 1. The summed E-state index contributed by atoms with van der Waals surface area (Å²) in [6.07, 6.45) is 2.01. The van der Waals surface area contributed by atoms with Crippen LogP contribution in [0.2, 0.25) is 10.0 Å². The standard InChI is InChI=1S/C12H15Cl2NO/c13-10-5-11(14)7-12(6-10)15-3-1-9(8-15)2-4-16/h5-7,9,16H,1-4,8H2. The number of halogens is 2. The molecule has 0 saturated carbocycles. The van der Waals surface area contributed by atoms with Gasteiger partial charge in [-0.1, -0.05) is 23.2 Å². The van der Waals surface area contributed by atoms with Crippen LogP contribution < -0.4 is 4.90 Å². The molecule has 0 aromatic heterocycles. The van der Waals surface area contributed by atoms with Crippen LogP contribution in [0.1, 0.15) is 12.8 Å². The lowest BCUT2D eigenvalue weighted by Crippen LogP contribution is -2.19. The topological polar surface area (TPSA) is 23.5 Å².